The first-order valence-electron chi connectivity index (χ1n) is 9.25. The molecule has 1 aromatic carbocycles. The first-order valence-corrected chi connectivity index (χ1v) is 9.25. The van der Waals surface area contributed by atoms with Gasteiger partial charge in [-0.05, 0) is 31.2 Å². The summed E-state index contributed by atoms with van der Waals surface area (Å²) in [5, 5.41) is 16.8. The number of hydrogen-bond donors (Lipinski definition) is 2. The summed E-state index contributed by atoms with van der Waals surface area (Å²) in [6.45, 7) is 2.07. The van der Waals surface area contributed by atoms with Crippen LogP contribution in [0.4, 0.5) is 5.82 Å². The Morgan fingerprint density at radius 2 is 1.96 bits per heavy atom. The molecule has 6 nitrogen and oxygen atoms in total. The molecule has 0 bridgehead atoms. The largest absolute Gasteiger partial charge is 0.292 e. The molecule has 3 heterocycles. The van der Waals surface area contributed by atoms with Crippen LogP contribution in [0.1, 0.15) is 17.5 Å². The number of carbonyl (C=O) groups excluding carboxylic acids is 1. The van der Waals surface area contributed by atoms with Gasteiger partial charge in [-0.15, -0.1) is 0 Å². The van der Waals surface area contributed by atoms with Gasteiger partial charge in [-0.25, -0.2) is 0 Å². The Morgan fingerprint density at radius 3 is 2.70 bits per heavy atom. The van der Waals surface area contributed by atoms with Crippen molar-refractivity contribution in [2.24, 2.45) is 11.8 Å². The van der Waals surface area contributed by atoms with E-state index in [0.717, 1.165) is 28.8 Å². The molecule has 2 aromatic heterocycles. The van der Waals surface area contributed by atoms with Gasteiger partial charge in [0, 0.05) is 40.5 Å². The number of piperidine rings is 1. The topological polar surface area (TPSA) is 73.1 Å². The van der Waals surface area contributed by atoms with E-state index in [1.165, 1.54) is 11.1 Å². The molecule has 3 unspecified atom stereocenters. The van der Waals surface area contributed by atoms with Gasteiger partial charge in [0.15, 0.2) is 5.82 Å². The third kappa shape index (κ3) is 2.77. The van der Waals surface area contributed by atoms with Gasteiger partial charge in [0.25, 0.3) is 0 Å². The lowest BCUT2D eigenvalue weighted by atomic mass is 9.95. The molecule has 1 amide bonds. The number of hydrogen-bond acceptors (Lipinski definition) is 3. The van der Waals surface area contributed by atoms with E-state index in [2.05, 4.69) is 41.4 Å². The fourth-order valence-electron chi connectivity index (χ4n) is 4.13. The highest BCUT2D eigenvalue weighted by Crippen LogP contribution is 2.51. The van der Waals surface area contributed by atoms with E-state index in [4.69, 9.17) is 0 Å². The second-order valence-electron chi connectivity index (χ2n) is 7.58. The quantitative estimate of drug-likeness (QED) is 0.554. The summed E-state index contributed by atoms with van der Waals surface area (Å²) in [5.74, 6) is 1.35. The van der Waals surface area contributed by atoms with Crippen LogP contribution in [0.3, 0.4) is 0 Å². The number of amides is 1. The maximum atomic E-state index is 13.0. The van der Waals surface area contributed by atoms with Crippen LogP contribution < -0.4 is 9.63 Å². The van der Waals surface area contributed by atoms with Crippen molar-refractivity contribution in [3.05, 3.63) is 66.0 Å². The average Bonchev–Trinajstić information content (AvgIpc) is 3.18. The molecule has 2 N–H and O–H groups in total. The summed E-state index contributed by atoms with van der Waals surface area (Å²) in [6, 6.07) is 14.2. The number of rotatable bonds is 4. The van der Waals surface area contributed by atoms with E-state index in [1.54, 1.807) is 24.5 Å². The molecular weight excluding hydrogens is 340 g/mol. The van der Waals surface area contributed by atoms with Crippen LogP contribution in [0, 0.1) is 18.8 Å². The molecule has 2 aliphatic rings. The van der Waals surface area contributed by atoms with Crippen molar-refractivity contribution in [3.8, 4) is 11.3 Å². The minimum absolute atomic E-state index is 0.0444. The number of pyridine rings is 1. The molecule has 1 saturated heterocycles. The average molecular weight is 361 g/mol. The van der Waals surface area contributed by atoms with Crippen molar-refractivity contribution in [3.63, 3.8) is 0 Å². The zero-order valence-electron chi connectivity index (χ0n) is 15.0. The first kappa shape index (κ1) is 16.1. The van der Waals surface area contributed by atoms with Crippen LogP contribution in [0.5, 0.6) is 0 Å². The highest BCUT2D eigenvalue weighted by Gasteiger charge is 2.59. The van der Waals surface area contributed by atoms with Crippen molar-refractivity contribution in [1.29, 1.82) is 0 Å². The van der Waals surface area contributed by atoms with Crippen LogP contribution in [-0.4, -0.2) is 27.4 Å². The molecule has 1 saturated carbocycles. The summed E-state index contributed by atoms with van der Waals surface area (Å²) in [4.78, 5) is 14.9. The molecule has 3 aromatic rings. The third-order valence-electron chi connectivity index (χ3n) is 5.72. The molecule has 136 valence electrons. The summed E-state index contributed by atoms with van der Waals surface area (Å²) in [6.07, 6.45) is 4.97. The molecule has 27 heavy (non-hydrogen) atoms. The van der Waals surface area contributed by atoms with Crippen LogP contribution in [0.2, 0.25) is 0 Å². The van der Waals surface area contributed by atoms with Crippen LogP contribution >= 0.6 is 0 Å². The fraction of sp³-hybridized carbons (Fsp3) is 0.286. The van der Waals surface area contributed by atoms with Crippen molar-refractivity contribution >= 4 is 11.7 Å². The maximum absolute atomic E-state index is 13.0. The minimum atomic E-state index is 0.0444. The Labute approximate surface area is 157 Å². The second kappa shape index (κ2) is 5.94. The zero-order chi connectivity index (χ0) is 18.5. The number of anilines is 1. The van der Waals surface area contributed by atoms with Crippen molar-refractivity contribution in [2.75, 3.05) is 4.90 Å². The Bertz CT molecular complexity index is 994. The molecular formula is C21H21N4O2+. The van der Waals surface area contributed by atoms with Gasteiger partial charge in [0.2, 0.25) is 18.3 Å². The maximum Gasteiger partial charge on any atom is 0.232 e. The minimum Gasteiger partial charge on any atom is -0.292 e. The molecule has 0 radical (unpaired) electrons. The van der Waals surface area contributed by atoms with Gasteiger partial charge in [-0.2, -0.15) is 5.10 Å². The lowest BCUT2D eigenvalue weighted by Gasteiger charge is -2.18. The Hall–Kier alpha value is -3.15. The van der Waals surface area contributed by atoms with Crippen molar-refractivity contribution < 1.29 is 14.7 Å². The molecule has 3 atom stereocenters. The van der Waals surface area contributed by atoms with E-state index < -0.39 is 0 Å². The second-order valence-corrected chi connectivity index (χ2v) is 7.58. The van der Waals surface area contributed by atoms with E-state index in [-0.39, 0.29) is 17.9 Å². The predicted molar refractivity (Wildman–Crippen MR) is 99.2 cm³/mol. The van der Waals surface area contributed by atoms with Crippen LogP contribution in [0.15, 0.2) is 54.9 Å². The number of nitrogens with one attached hydrogen (secondary N) is 1. The molecule has 5 rings (SSSR count). The monoisotopic (exact) mass is 361 g/mol. The van der Waals surface area contributed by atoms with Crippen LogP contribution in [-0.2, 0) is 11.2 Å². The summed E-state index contributed by atoms with van der Waals surface area (Å²) in [5.41, 5.74) is 4.20. The number of carbonyl (C=O) groups is 1. The van der Waals surface area contributed by atoms with E-state index >= 15 is 0 Å². The molecule has 1 aliphatic heterocycles. The van der Waals surface area contributed by atoms with E-state index in [0.29, 0.717) is 11.7 Å². The lowest BCUT2D eigenvalue weighted by molar-refractivity contribution is -0.904. The van der Waals surface area contributed by atoms with Crippen molar-refractivity contribution in [1.82, 2.24) is 10.2 Å². The van der Waals surface area contributed by atoms with Crippen LogP contribution in [0.25, 0.3) is 11.3 Å². The standard InChI is InChI=1S/C21H20N4O2/c1-13-2-4-14(5-3-13)10-17-16-11-19(16)25(21(17)26)20-12-18(22-23-20)15-6-8-24(27)9-7-15/h2-9,12,16-17,19,27H,10-11H2,1H3/p+1. The van der Waals surface area contributed by atoms with Gasteiger partial charge >= 0.3 is 0 Å². The summed E-state index contributed by atoms with van der Waals surface area (Å²) in [7, 11) is 0. The molecule has 6 heteroatoms. The van der Waals surface area contributed by atoms with Gasteiger partial charge in [-0.3, -0.25) is 20.0 Å². The number of aromatic amines is 1. The smallest absolute Gasteiger partial charge is 0.232 e. The van der Waals surface area contributed by atoms with Crippen molar-refractivity contribution in [2.45, 2.75) is 25.8 Å². The third-order valence-corrected chi connectivity index (χ3v) is 5.72. The molecule has 0 spiro atoms. The SMILES string of the molecule is Cc1ccc(CC2C(=O)N(c3cc(-c4cc[n+](O)cc4)[nH]n3)C3CC23)cc1. The van der Waals surface area contributed by atoms with E-state index in [9.17, 15) is 10.0 Å². The lowest BCUT2D eigenvalue weighted by Crippen LogP contribution is -2.32. The number of H-pyrrole nitrogens is 1. The number of benzene rings is 1. The normalized spacial score (nSPS) is 23.5. The number of nitrogens with zero attached hydrogens (tertiary/aromatic N) is 3. The van der Waals surface area contributed by atoms with Gasteiger partial charge in [-0.1, -0.05) is 29.8 Å². The Kier molecular flexibility index (Phi) is 3.53. The Morgan fingerprint density at radius 1 is 1.22 bits per heavy atom. The molecule has 1 aliphatic carbocycles. The number of aryl methyl sites for hydroxylation is 1. The Balaban J connectivity index is 1.37. The zero-order valence-corrected chi connectivity index (χ0v) is 15.0. The summed E-state index contributed by atoms with van der Waals surface area (Å²) < 4.78 is 0.995. The van der Waals surface area contributed by atoms with Gasteiger partial charge in [0.05, 0.1) is 5.69 Å². The predicted octanol–water partition coefficient (Wildman–Crippen LogP) is 2.50. The highest BCUT2D eigenvalue weighted by molar-refractivity contribution is 5.99. The number of aromatic nitrogens is 3. The number of fused-ring (bicyclic) bond motifs is 1. The fourth-order valence-corrected chi connectivity index (χ4v) is 4.13. The molecule has 2 fully saturated rings. The van der Waals surface area contributed by atoms with Gasteiger partial charge in [0.1, 0.15) is 0 Å². The summed E-state index contributed by atoms with van der Waals surface area (Å²) >= 11 is 0. The highest BCUT2D eigenvalue weighted by atomic mass is 16.5. The van der Waals surface area contributed by atoms with E-state index in [1.807, 2.05) is 11.0 Å². The van der Waals surface area contributed by atoms with Gasteiger partial charge < -0.3 is 0 Å². The first-order chi connectivity index (χ1) is 13.1.